The maximum absolute atomic E-state index is 15.7. The summed E-state index contributed by atoms with van der Waals surface area (Å²) in [5.41, 5.74) is 2.56. The fraction of sp³-hybridized carbons (Fsp3) is 0.414. The van der Waals surface area contributed by atoms with Crippen molar-refractivity contribution in [2.24, 2.45) is 0 Å². The second kappa shape index (κ2) is 10.4. The second-order valence-corrected chi connectivity index (χ2v) is 10.7. The SMILES string of the molecule is C[C@H]1Cc2c([nH]c3cc(C(=O)O)ccc23)[C@H](c2c(F)cc(C=C3CN(CCCF)C3)cc2F)N1CC(C)(F)F. The average Bonchev–Trinajstić information content (AvgIpc) is 3.18. The number of hydrogen-bond donors (Lipinski definition) is 2. The molecule has 1 fully saturated rings. The Morgan fingerprint density at radius 3 is 2.49 bits per heavy atom. The van der Waals surface area contributed by atoms with Crippen LogP contribution in [0, 0.1) is 11.6 Å². The molecule has 0 saturated carbocycles. The number of carboxylic acids is 1. The first kappa shape index (κ1) is 27.3. The van der Waals surface area contributed by atoms with Gasteiger partial charge in [-0.3, -0.25) is 14.2 Å². The Kier molecular flexibility index (Phi) is 7.28. The van der Waals surface area contributed by atoms with Gasteiger partial charge in [-0.1, -0.05) is 12.1 Å². The molecule has 2 aliphatic rings. The third-order valence-electron chi connectivity index (χ3n) is 7.52. The molecule has 3 aromatic rings. The van der Waals surface area contributed by atoms with Crippen LogP contribution in [0.1, 0.15) is 59.1 Å². The molecule has 1 aromatic heterocycles. The average molecular weight is 548 g/mol. The summed E-state index contributed by atoms with van der Waals surface area (Å²) in [6.07, 6.45) is 2.48. The first-order chi connectivity index (χ1) is 18.4. The molecule has 2 aliphatic heterocycles. The molecular formula is C29H30F5N3O2. The van der Waals surface area contributed by atoms with Crippen LogP contribution < -0.4 is 0 Å². The summed E-state index contributed by atoms with van der Waals surface area (Å²) < 4.78 is 72.5. The Bertz CT molecular complexity index is 1410. The number of carboxylic acid groups (broad SMARTS) is 1. The standard InChI is InChI=1S/C29H30F5N3O2/c1-16-8-21-20-5-4-19(28(38)39)12-24(20)35-26(21)27(37(16)15-29(2,33)34)25-22(31)10-17(11-23(25)32)9-18-13-36(14-18)7-3-6-30/h4-5,9-12,16,27,35H,3,6-8,13-15H2,1-2H3,(H,38,39)/t16-,27-/m0/s1. The van der Waals surface area contributed by atoms with E-state index in [0.717, 1.165) is 18.1 Å². The van der Waals surface area contributed by atoms with E-state index in [2.05, 4.69) is 4.98 Å². The van der Waals surface area contributed by atoms with Crippen molar-refractivity contribution >= 4 is 22.9 Å². The number of H-pyrrole nitrogens is 1. The van der Waals surface area contributed by atoms with Crippen molar-refractivity contribution in [1.29, 1.82) is 0 Å². The van der Waals surface area contributed by atoms with Crippen LogP contribution in [-0.4, -0.2) is 70.7 Å². The van der Waals surface area contributed by atoms with Gasteiger partial charge in [0.25, 0.3) is 5.92 Å². The lowest BCUT2D eigenvalue weighted by Gasteiger charge is -2.42. The molecule has 208 valence electrons. The van der Waals surface area contributed by atoms with Crippen molar-refractivity contribution < 1.29 is 31.9 Å². The third-order valence-corrected chi connectivity index (χ3v) is 7.52. The van der Waals surface area contributed by atoms with E-state index in [4.69, 9.17) is 0 Å². The summed E-state index contributed by atoms with van der Waals surface area (Å²) in [4.78, 5) is 18.0. The summed E-state index contributed by atoms with van der Waals surface area (Å²) in [6.45, 7) is 3.22. The molecule has 0 amide bonds. The lowest BCUT2D eigenvalue weighted by atomic mass is 9.87. The van der Waals surface area contributed by atoms with E-state index in [1.807, 2.05) is 4.90 Å². The van der Waals surface area contributed by atoms with Gasteiger partial charge < -0.3 is 10.1 Å². The molecule has 10 heteroatoms. The van der Waals surface area contributed by atoms with Crippen LogP contribution in [-0.2, 0) is 6.42 Å². The molecule has 5 rings (SSSR count). The van der Waals surface area contributed by atoms with Gasteiger partial charge in [0.15, 0.2) is 0 Å². The minimum atomic E-state index is -3.12. The van der Waals surface area contributed by atoms with Crippen molar-refractivity contribution in [2.45, 2.75) is 44.7 Å². The number of fused-ring (bicyclic) bond motifs is 3. The zero-order valence-electron chi connectivity index (χ0n) is 21.7. The number of alkyl halides is 3. The van der Waals surface area contributed by atoms with Gasteiger partial charge in [0.05, 0.1) is 24.8 Å². The molecule has 0 spiro atoms. The van der Waals surface area contributed by atoms with Crippen molar-refractivity contribution in [3.63, 3.8) is 0 Å². The van der Waals surface area contributed by atoms with E-state index in [9.17, 15) is 23.1 Å². The molecule has 39 heavy (non-hydrogen) atoms. The number of aromatic amines is 1. The van der Waals surface area contributed by atoms with Gasteiger partial charge in [-0.15, -0.1) is 0 Å². The Morgan fingerprint density at radius 2 is 1.87 bits per heavy atom. The van der Waals surface area contributed by atoms with Crippen molar-refractivity contribution in [1.82, 2.24) is 14.8 Å². The lowest BCUT2D eigenvalue weighted by Crippen LogP contribution is -2.47. The molecule has 5 nitrogen and oxygen atoms in total. The maximum atomic E-state index is 15.7. The molecular weight excluding hydrogens is 517 g/mol. The number of nitrogens with one attached hydrogen (secondary N) is 1. The molecule has 2 aromatic carbocycles. The lowest BCUT2D eigenvalue weighted by molar-refractivity contribution is -0.0374. The van der Waals surface area contributed by atoms with Gasteiger partial charge in [-0.05, 0) is 60.7 Å². The summed E-state index contributed by atoms with van der Waals surface area (Å²) in [7, 11) is 0. The topological polar surface area (TPSA) is 59.6 Å². The molecule has 2 N–H and O–H groups in total. The van der Waals surface area contributed by atoms with Crippen LogP contribution in [0.4, 0.5) is 22.0 Å². The van der Waals surface area contributed by atoms with Crippen LogP contribution in [0.25, 0.3) is 17.0 Å². The molecule has 0 radical (unpaired) electrons. The number of aromatic carboxylic acids is 1. The van der Waals surface area contributed by atoms with Gasteiger partial charge in [-0.2, -0.15) is 0 Å². The molecule has 0 bridgehead atoms. The number of carbonyl (C=O) groups is 1. The number of likely N-dealkylation sites (tertiary alicyclic amines) is 1. The number of rotatable bonds is 8. The summed E-state index contributed by atoms with van der Waals surface area (Å²) in [5.74, 6) is -5.95. The van der Waals surface area contributed by atoms with E-state index < -0.39 is 48.8 Å². The highest BCUT2D eigenvalue weighted by Crippen LogP contribution is 2.43. The van der Waals surface area contributed by atoms with E-state index in [0.29, 0.717) is 54.6 Å². The van der Waals surface area contributed by atoms with Crippen molar-refractivity contribution in [2.75, 3.05) is 32.9 Å². The summed E-state index contributed by atoms with van der Waals surface area (Å²) in [6, 6.07) is 5.31. The predicted molar refractivity (Wildman–Crippen MR) is 139 cm³/mol. The number of aromatic nitrogens is 1. The zero-order valence-corrected chi connectivity index (χ0v) is 21.7. The summed E-state index contributed by atoms with van der Waals surface area (Å²) in [5, 5.41) is 10.1. The molecule has 0 aliphatic carbocycles. The minimum absolute atomic E-state index is 0.0386. The molecule has 0 unspecified atom stereocenters. The Balaban J connectivity index is 1.57. The van der Waals surface area contributed by atoms with Gasteiger partial charge >= 0.3 is 5.97 Å². The predicted octanol–water partition coefficient (Wildman–Crippen LogP) is 6.19. The van der Waals surface area contributed by atoms with E-state index in [-0.39, 0.29) is 11.1 Å². The largest absolute Gasteiger partial charge is 0.478 e. The van der Waals surface area contributed by atoms with Crippen LogP contribution >= 0.6 is 0 Å². The first-order valence-electron chi connectivity index (χ1n) is 12.9. The highest BCUT2D eigenvalue weighted by Gasteiger charge is 2.42. The van der Waals surface area contributed by atoms with Gasteiger partial charge in [0.2, 0.25) is 0 Å². The van der Waals surface area contributed by atoms with Gasteiger partial charge in [0.1, 0.15) is 11.6 Å². The van der Waals surface area contributed by atoms with Crippen molar-refractivity contribution in [3.8, 4) is 0 Å². The van der Waals surface area contributed by atoms with E-state index in [1.165, 1.54) is 29.2 Å². The fourth-order valence-electron chi connectivity index (χ4n) is 5.82. The number of halogens is 5. The van der Waals surface area contributed by atoms with Crippen LogP contribution in [0.5, 0.6) is 0 Å². The Morgan fingerprint density at radius 1 is 1.18 bits per heavy atom. The van der Waals surface area contributed by atoms with Crippen LogP contribution in [0.2, 0.25) is 0 Å². The van der Waals surface area contributed by atoms with E-state index in [1.54, 1.807) is 19.1 Å². The van der Waals surface area contributed by atoms with Gasteiger partial charge in [-0.25, -0.2) is 22.4 Å². The molecule has 1 saturated heterocycles. The number of nitrogens with zero attached hydrogens (tertiary/aromatic N) is 2. The fourth-order valence-corrected chi connectivity index (χ4v) is 5.82. The molecule has 3 heterocycles. The molecule has 2 atom stereocenters. The Labute approximate surface area is 222 Å². The van der Waals surface area contributed by atoms with Crippen molar-refractivity contribution in [3.05, 3.63) is 75.5 Å². The first-order valence-corrected chi connectivity index (χ1v) is 12.9. The van der Waals surface area contributed by atoms with Gasteiger partial charge in [0, 0.05) is 54.8 Å². The number of benzene rings is 2. The van der Waals surface area contributed by atoms with Crippen LogP contribution in [0.3, 0.4) is 0 Å². The normalized spacial score (nSPS) is 20.2. The minimum Gasteiger partial charge on any atom is -0.478 e. The summed E-state index contributed by atoms with van der Waals surface area (Å²) >= 11 is 0. The highest BCUT2D eigenvalue weighted by atomic mass is 19.3. The Hall–Kier alpha value is -3.24. The second-order valence-electron chi connectivity index (χ2n) is 10.7. The van der Waals surface area contributed by atoms with Crippen LogP contribution in [0.15, 0.2) is 35.9 Å². The number of hydrogen-bond acceptors (Lipinski definition) is 3. The third kappa shape index (κ3) is 5.45. The zero-order chi connectivity index (χ0) is 28.1. The smallest absolute Gasteiger partial charge is 0.335 e. The van der Waals surface area contributed by atoms with E-state index >= 15 is 8.78 Å². The monoisotopic (exact) mass is 547 g/mol. The highest BCUT2D eigenvalue weighted by molar-refractivity contribution is 5.95. The quantitative estimate of drug-likeness (QED) is 0.330. The maximum Gasteiger partial charge on any atom is 0.335 e.